The van der Waals surface area contributed by atoms with Gasteiger partial charge in [0.2, 0.25) is 5.91 Å². The van der Waals surface area contributed by atoms with Gasteiger partial charge in [-0.05, 0) is 43.5 Å². The zero-order valence-electron chi connectivity index (χ0n) is 23.1. The van der Waals surface area contributed by atoms with Crippen LogP contribution in [0.4, 0.5) is 0 Å². The number of allylic oxidation sites excluding steroid dienone is 2. The van der Waals surface area contributed by atoms with Crippen LogP contribution in [0.1, 0.15) is 37.4 Å². The number of likely N-dealkylation sites (tertiary alicyclic amines) is 1. The van der Waals surface area contributed by atoms with E-state index in [9.17, 15) is 24.6 Å². The van der Waals surface area contributed by atoms with Crippen molar-refractivity contribution in [3.05, 3.63) is 82.9 Å². The van der Waals surface area contributed by atoms with Crippen molar-refractivity contribution >= 4 is 34.8 Å². The van der Waals surface area contributed by atoms with Crippen LogP contribution in [0.25, 0.3) is 16.1 Å². The molecule has 0 radical (unpaired) electrons. The highest BCUT2D eigenvalue weighted by Gasteiger charge is 2.37. The second kappa shape index (κ2) is 12.8. The lowest BCUT2D eigenvalue weighted by Gasteiger charge is -2.27. The molecule has 1 saturated heterocycles. The largest absolute Gasteiger partial charge is 0.496 e. The van der Waals surface area contributed by atoms with Gasteiger partial charge in [-0.3, -0.25) is 9.59 Å². The Morgan fingerprint density at radius 1 is 1.05 bits per heavy atom. The zero-order chi connectivity index (χ0) is 29.6. The Bertz CT molecular complexity index is 1470. The highest BCUT2D eigenvalue weighted by molar-refractivity contribution is 7.13. The average Bonchev–Trinajstić information content (AvgIpc) is 3.62. The zero-order valence-corrected chi connectivity index (χ0v) is 23.9. The van der Waals surface area contributed by atoms with Crippen LogP contribution >= 0.6 is 11.3 Å². The number of hydrogen-bond donors (Lipinski definition) is 2. The van der Waals surface area contributed by atoms with Gasteiger partial charge in [-0.1, -0.05) is 42.5 Å². The summed E-state index contributed by atoms with van der Waals surface area (Å²) in [6.07, 6.45) is 4.60. The summed E-state index contributed by atoms with van der Waals surface area (Å²) in [7, 11) is 2.97. The molecule has 1 atom stereocenters. The molecule has 2 aromatic carbocycles. The maximum Gasteiger partial charge on any atom is 0.331 e. The van der Waals surface area contributed by atoms with Crippen molar-refractivity contribution < 1.29 is 34.1 Å². The van der Waals surface area contributed by atoms with Gasteiger partial charge in [0.15, 0.2) is 0 Å². The number of methoxy groups -OCH3 is 2. The summed E-state index contributed by atoms with van der Waals surface area (Å²) in [4.78, 5) is 41.1. The first-order valence-corrected chi connectivity index (χ1v) is 13.9. The molecular formula is C31H32N2O7S. The van der Waals surface area contributed by atoms with E-state index >= 15 is 0 Å². The van der Waals surface area contributed by atoms with E-state index in [1.54, 1.807) is 35.6 Å². The molecule has 1 aliphatic carbocycles. The molecule has 0 spiro atoms. The number of rotatable bonds is 8. The predicted molar refractivity (Wildman–Crippen MR) is 156 cm³/mol. The number of nitrogens with zero attached hydrogens (tertiary/aromatic N) is 2. The van der Waals surface area contributed by atoms with Crippen LogP contribution in [0.5, 0.6) is 11.5 Å². The number of amides is 1. The van der Waals surface area contributed by atoms with Crippen molar-refractivity contribution in [1.82, 2.24) is 9.88 Å². The van der Waals surface area contributed by atoms with Crippen molar-refractivity contribution in [3.63, 3.8) is 0 Å². The van der Waals surface area contributed by atoms with E-state index in [0.29, 0.717) is 35.6 Å². The first-order chi connectivity index (χ1) is 19.6. The van der Waals surface area contributed by atoms with Crippen LogP contribution in [0.15, 0.2) is 71.6 Å². The summed E-state index contributed by atoms with van der Waals surface area (Å²) in [5.41, 5.74) is 1.83. The number of benzene rings is 2. The Morgan fingerprint density at radius 2 is 1.73 bits per heavy atom. The topological polar surface area (TPSA) is 126 Å². The van der Waals surface area contributed by atoms with E-state index in [2.05, 4.69) is 17.1 Å². The third-order valence-electron chi connectivity index (χ3n) is 6.94. The molecule has 41 heavy (non-hydrogen) atoms. The molecule has 9 nitrogen and oxygen atoms in total. The molecular weight excluding hydrogens is 544 g/mol. The molecule has 1 fully saturated rings. The number of carboxylic acid groups (broad SMARTS) is 2. The normalized spacial score (nSPS) is 18.1. The maximum absolute atomic E-state index is 11.6. The number of carboxylic acids is 2. The lowest BCUT2D eigenvalue weighted by Crippen LogP contribution is -2.29. The van der Waals surface area contributed by atoms with Crippen molar-refractivity contribution in [1.29, 1.82) is 0 Å². The van der Waals surface area contributed by atoms with E-state index < -0.39 is 17.4 Å². The minimum atomic E-state index is -1.32. The second-order valence-corrected chi connectivity index (χ2v) is 10.8. The Labute approximate surface area is 242 Å². The van der Waals surface area contributed by atoms with Crippen LogP contribution in [-0.4, -0.2) is 58.7 Å². The van der Waals surface area contributed by atoms with E-state index in [1.807, 2.05) is 28.5 Å². The van der Waals surface area contributed by atoms with Gasteiger partial charge >= 0.3 is 11.9 Å². The number of thiazole rings is 1. The first kappa shape index (κ1) is 29.5. The second-order valence-electron chi connectivity index (χ2n) is 9.94. The van der Waals surface area contributed by atoms with Gasteiger partial charge in [-0.15, -0.1) is 11.3 Å². The lowest BCUT2D eigenvalue weighted by molar-refractivity contribution is -0.145. The predicted octanol–water partition coefficient (Wildman–Crippen LogP) is 5.53. The number of carbonyl (C=O) groups is 3. The molecule has 1 aromatic heterocycles. The van der Waals surface area contributed by atoms with Gasteiger partial charge < -0.3 is 24.6 Å². The molecule has 1 amide bonds. The molecule has 0 bridgehead atoms. The van der Waals surface area contributed by atoms with Crippen LogP contribution < -0.4 is 9.47 Å². The van der Waals surface area contributed by atoms with Crippen LogP contribution in [0, 0.1) is 5.41 Å². The van der Waals surface area contributed by atoms with Crippen LogP contribution in [0.2, 0.25) is 0 Å². The molecule has 1 unspecified atom stereocenters. The minimum Gasteiger partial charge on any atom is -0.496 e. The smallest absolute Gasteiger partial charge is 0.331 e. The highest BCUT2D eigenvalue weighted by Crippen LogP contribution is 2.43. The maximum atomic E-state index is 11.6. The van der Waals surface area contributed by atoms with Gasteiger partial charge in [-0.25, -0.2) is 9.78 Å². The molecule has 10 heteroatoms. The SMILES string of the molecule is COc1cccc(OC)c1C1=CC(C)(C(=O)O)CC(C(=O)O)=C1.O=C1CCCN1Cc1csc(-c2ccccc2)n1. The van der Waals surface area contributed by atoms with E-state index in [-0.39, 0.29) is 17.9 Å². The van der Waals surface area contributed by atoms with Gasteiger partial charge in [0, 0.05) is 29.5 Å². The number of aromatic nitrogens is 1. The van der Waals surface area contributed by atoms with Crippen LogP contribution in [-0.2, 0) is 20.9 Å². The third kappa shape index (κ3) is 6.83. The molecule has 2 aliphatic rings. The van der Waals surface area contributed by atoms with E-state index in [4.69, 9.17) is 9.47 Å². The fourth-order valence-corrected chi connectivity index (χ4v) is 5.60. The molecule has 2 N–H and O–H groups in total. The van der Waals surface area contributed by atoms with Crippen molar-refractivity contribution in [3.8, 4) is 22.1 Å². The summed E-state index contributed by atoms with van der Waals surface area (Å²) in [5, 5.41) is 21.9. The first-order valence-electron chi connectivity index (χ1n) is 13.0. The van der Waals surface area contributed by atoms with Gasteiger partial charge in [0.05, 0.1) is 37.4 Å². The Kier molecular flexibility index (Phi) is 9.24. The molecule has 2 heterocycles. The van der Waals surface area contributed by atoms with Crippen molar-refractivity contribution in [2.75, 3.05) is 20.8 Å². The van der Waals surface area contributed by atoms with E-state index in [1.165, 1.54) is 27.2 Å². The molecule has 1 aliphatic heterocycles. The minimum absolute atomic E-state index is 0.0281. The van der Waals surface area contributed by atoms with Crippen molar-refractivity contribution in [2.24, 2.45) is 5.41 Å². The van der Waals surface area contributed by atoms with Gasteiger partial charge in [0.1, 0.15) is 16.5 Å². The summed E-state index contributed by atoms with van der Waals surface area (Å²) in [6, 6.07) is 15.3. The van der Waals surface area contributed by atoms with Gasteiger partial charge in [-0.2, -0.15) is 0 Å². The standard InChI is InChI=1S/C17H18O6.C14H14N2OS/c1-17(16(20)21)8-10(7-11(9-17)15(18)19)14-12(22-2)5-4-6-13(14)23-3;17-13-7-4-8-16(13)9-12-10-18-14(15-12)11-5-2-1-3-6-11/h4-8H,9H2,1-3H3,(H,18,19)(H,20,21);1-3,5-6,10H,4,7-9H2. The highest BCUT2D eigenvalue weighted by atomic mass is 32.1. The van der Waals surface area contributed by atoms with E-state index in [0.717, 1.165) is 29.2 Å². The Hall–Kier alpha value is -4.44. The number of ether oxygens (including phenoxy) is 2. The third-order valence-corrected chi connectivity index (χ3v) is 7.88. The fraction of sp³-hybridized carbons (Fsp3) is 0.290. The number of aliphatic carboxylic acids is 2. The summed E-state index contributed by atoms with van der Waals surface area (Å²) in [6.45, 7) is 3.02. The summed E-state index contributed by atoms with van der Waals surface area (Å²) < 4.78 is 10.6. The molecule has 5 rings (SSSR count). The number of carbonyl (C=O) groups excluding carboxylic acids is 1. The molecule has 0 saturated carbocycles. The summed E-state index contributed by atoms with van der Waals surface area (Å²) >= 11 is 1.64. The average molecular weight is 577 g/mol. The summed E-state index contributed by atoms with van der Waals surface area (Å²) in [5.74, 6) is -1.02. The number of hydrogen-bond acceptors (Lipinski definition) is 7. The Balaban J connectivity index is 0.000000194. The fourth-order valence-electron chi connectivity index (χ4n) is 4.78. The molecule has 214 valence electrons. The lowest BCUT2D eigenvalue weighted by atomic mass is 9.76. The molecule has 3 aromatic rings. The quantitative estimate of drug-likeness (QED) is 0.359. The van der Waals surface area contributed by atoms with Crippen molar-refractivity contribution in [2.45, 2.75) is 32.7 Å². The van der Waals surface area contributed by atoms with Crippen LogP contribution in [0.3, 0.4) is 0 Å². The van der Waals surface area contributed by atoms with Gasteiger partial charge in [0.25, 0.3) is 0 Å². The monoisotopic (exact) mass is 576 g/mol. The Morgan fingerprint density at radius 3 is 2.29 bits per heavy atom.